The SMILES string of the molecule is COc1c(C)cc(C)cc1S(=O)(=O)NC1(CN)CCCCC1C. The molecule has 1 fully saturated rings. The first-order valence-corrected chi connectivity index (χ1v) is 9.63. The van der Waals surface area contributed by atoms with Crippen molar-refractivity contribution in [3.8, 4) is 5.75 Å². The number of sulfonamides is 1. The van der Waals surface area contributed by atoms with Crippen LogP contribution in [0.5, 0.6) is 5.75 Å². The zero-order valence-electron chi connectivity index (χ0n) is 14.5. The quantitative estimate of drug-likeness (QED) is 0.863. The molecule has 0 aromatic heterocycles. The van der Waals surface area contributed by atoms with Gasteiger partial charge in [-0.15, -0.1) is 0 Å². The fraction of sp³-hybridized carbons (Fsp3) is 0.647. The monoisotopic (exact) mass is 340 g/mol. The smallest absolute Gasteiger partial charge is 0.244 e. The zero-order chi connectivity index (χ0) is 17.3. The number of hydrogen-bond acceptors (Lipinski definition) is 4. The summed E-state index contributed by atoms with van der Waals surface area (Å²) >= 11 is 0. The fourth-order valence-corrected chi connectivity index (χ4v) is 5.47. The van der Waals surface area contributed by atoms with Crippen molar-refractivity contribution in [1.82, 2.24) is 4.72 Å². The molecule has 0 saturated heterocycles. The van der Waals surface area contributed by atoms with E-state index in [2.05, 4.69) is 11.6 Å². The van der Waals surface area contributed by atoms with E-state index >= 15 is 0 Å². The molecule has 1 aromatic rings. The van der Waals surface area contributed by atoms with E-state index in [4.69, 9.17) is 10.5 Å². The lowest BCUT2D eigenvalue weighted by Gasteiger charge is -2.42. The van der Waals surface area contributed by atoms with Crippen LogP contribution < -0.4 is 15.2 Å². The van der Waals surface area contributed by atoms with Gasteiger partial charge in [-0.05, 0) is 49.8 Å². The number of methoxy groups -OCH3 is 1. The molecular weight excluding hydrogens is 312 g/mol. The van der Waals surface area contributed by atoms with Crippen molar-refractivity contribution in [3.05, 3.63) is 23.3 Å². The topological polar surface area (TPSA) is 81.4 Å². The van der Waals surface area contributed by atoms with Crippen molar-refractivity contribution in [3.63, 3.8) is 0 Å². The molecule has 1 aliphatic carbocycles. The minimum atomic E-state index is -3.71. The second-order valence-electron chi connectivity index (χ2n) is 6.73. The predicted octanol–water partition coefficient (Wildman–Crippen LogP) is 2.50. The lowest BCUT2D eigenvalue weighted by atomic mass is 9.74. The van der Waals surface area contributed by atoms with E-state index in [9.17, 15) is 8.42 Å². The molecule has 2 unspecified atom stereocenters. The van der Waals surface area contributed by atoms with Gasteiger partial charge in [0.25, 0.3) is 0 Å². The first-order chi connectivity index (χ1) is 10.8. The van der Waals surface area contributed by atoms with Gasteiger partial charge in [-0.25, -0.2) is 13.1 Å². The van der Waals surface area contributed by atoms with Gasteiger partial charge in [0.15, 0.2) is 0 Å². The summed E-state index contributed by atoms with van der Waals surface area (Å²) in [5.74, 6) is 0.617. The molecule has 130 valence electrons. The molecule has 0 radical (unpaired) electrons. The molecule has 6 heteroatoms. The van der Waals surface area contributed by atoms with Gasteiger partial charge in [0.2, 0.25) is 10.0 Å². The normalized spacial score (nSPS) is 25.3. The largest absolute Gasteiger partial charge is 0.495 e. The van der Waals surface area contributed by atoms with Crippen LogP contribution in [0.1, 0.15) is 43.7 Å². The van der Waals surface area contributed by atoms with Gasteiger partial charge in [0.05, 0.1) is 7.11 Å². The third kappa shape index (κ3) is 3.54. The average molecular weight is 340 g/mol. The Morgan fingerprint density at radius 1 is 1.35 bits per heavy atom. The maximum atomic E-state index is 13.0. The van der Waals surface area contributed by atoms with E-state index in [0.29, 0.717) is 12.3 Å². The molecular formula is C17H28N2O3S. The van der Waals surface area contributed by atoms with E-state index in [1.807, 2.05) is 19.9 Å². The number of ether oxygens (including phenoxy) is 1. The Balaban J connectivity index is 2.46. The summed E-state index contributed by atoms with van der Waals surface area (Å²) in [5, 5.41) is 0. The molecule has 0 aliphatic heterocycles. The summed E-state index contributed by atoms with van der Waals surface area (Å²) in [6.07, 6.45) is 3.88. The van der Waals surface area contributed by atoms with Crippen LogP contribution in [-0.4, -0.2) is 27.6 Å². The highest BCUT2D eigenvalue weighted by atomic mass is 32.2. The van der Waals surface area contributed by atoms with Crippen LogP contribution in [0, 0.1) is 19.8 Å². The van der Waals surface area contributed by atoms with Crippen LogP contribution >= 0.6 is 0 Å². The number of aryl methyl sites for hydroxylation is 2. The van der Waals surface area contributed by atoms with Gasteiger partial charge in [0, 0.05) is 12.1 Å². The highest BCUT2D eigenvalue weighted by Crippen LogP contribution is 2.36. The van der Waals surface area contributed by atoms with Crippen LogP contribution in [0.25, 0.3) is 0 Å². The molecule has 1 saturated carbocycles. The Morgan fingerprint density at radius 2 is 2.04 bits per heavy atom. The molecule has 0 heterocycles. The van der Waals surface area contributed by atoms with Gasteiger partial charge in [-0.3, -0.25) is 0 Å². The van der Waals surface area contributed by atoms with Crippen LogP contribution in [0.3, 0.4) is 0 Å². The summed E-state index contributed by atoms with van der Waals surface area (Å²) in [7, 11) is -2.21. The molecule has 3 N–H and O–H groups in total. The predicted molar refractivity (Wildman–Crippen MR) is 92.2 cm³/mol. The van der Waals surface area contributed by atoms with Crippen LogP contribution in [0.15, 0.2) is 17.0 Å². The van der Waals surface area contributed by atoms with Crippen LogP contribution in [0.2, 0.25) is 0 Å². The molecule has 23 heavy (non-hydrogen) atoms. The Morgan fingerprint density at radius 3 is 2.61 bits per heavy atom. The molecule has 0 amide bonds. The van der Waals surface area contributed by atoms with Gasteiger partial charge in [-0.1, -0.05) is 25.8 Å². The second-order valence-corrected chi connectivity index (χ2v) is 8.38. The van der Waals surface area contributed by atoms with E-state index < -0.39 is 15.6 Å². The highest BCUT2D eigenvalue weighted by Gasteiger charge is 2.41. The van der Waals surface area contributed by atoms with Gasteiger partial charge in [0.1, 0.15) is 10.6 Å². The van der Waals surface area contributed by atoms with E-state index in [0.717, 1.165) is 36.8 Å². The Bertz CT molecular complexity index is 673. The van der Waals surface area contributed by atoms with Crippen molar-refractivity contribution in [1.29, 1.82) is 0 Å². The minimum Gasteiger partial charge on any atom is -0.495 e. The van der Waals surface area contributed by atoms with Crippen molar-refractivity contribution < 1.29 is 13.2 Å². The molecule has 1 aromatic carbocycles. The maximum Gasteiger partial charge on any atom is 0.244 e. The fourth-order valence-electron chi connectivity index (χ4n) is 3.61. The standard InChI is InChI=1S/C17H28N2O3S/c1-12-9-13(2)16(22-4)15(10-12)23(20,21)19-17(11-18)8-6-5-7-14(17)3/h9-10,14,19H,5-8,11,18H2,1-4H3. The summed E-state index contributed by atoms with van der Waals surface area (Å²) in [5.41, 5.74) is 7.12. The average Bonchev–Trinajstić information content (AvgIpc) is 2.49. The Labute approximate surface area is 139 Å². The lowest BCUT2D eigenvalue weighted by molar-refractivity contribution is 0.191. The molecule has 0 spiro atoms. The zero-order valence-corrected chi connectivity index (χ0v) is 15.3. The number of nitrogens with two attached hydrogens (primary N) is 1. The highest BCUT2D eigenvalue weighted by molar-refractivity contribution is 7.89. The number of hydrogen-bond donors (Lipinski definition) is 2. The van der Waals surface area contributed by atoms with E-state index in [1.165, 1.54) is 7.11 Å². The van der Waals surface area contributed by atoms with Crippen LogP contribution in [-0.2, 0) is 10.0 Å². The minimum absolute atomic E-state index is 0.197. The molecule has 5 nitrogen and oxygen atoms in total. The van der Waals surface area contributed by atoms with Gasteiger partial charge < -0.3 is 10.5 Å². The lowest BCUT2D eigenvalue weighted by Crippen LogP contribution is -2.58. The van der Waals surface area contributed by atoms with E-state index in [-0.39, 0.29) is 10.8 Å². The summed E-state index contributed by atoms with van der Waals surface area (Å²) in [4.78, 5) is 0.197. The molecule has 2 rings (SSSR count). The van der Waals surface area contributed by atoms with Gasteiger partial charge in [-0.2, -0.15) is 0 Å². The summed E-state index contributed by atoms with van der Waals surface area (Å²) < 4.78 is 34.4. The number of benzene rings is 1. The number of rotatable bonds is 5. The number of nitrogens with one attached hydrogen (secondary N) is 1. The van der Waals surface area contributed by atoms with Crippen molar-refractivity contribution in [2.24, 2.45) is 11.7 Å². The molecule has 2 atom stereocenters. The Kier molecular flexibility index (Phi) is 5.38. The van der Waals surface area contributed by atoms with Crippen molar-refractivity contribution in [2.45, 2.75) is 56.9 Å². The van der Waals surface area contributed by atoms with Crippen LogP contribution in [0.4, 0.5) is 0 Å². The molecule has 1 aliphatic rings. The van der Waals surface area contributed by atoms with Crippen molar-refractivity contribution in [2.75, 3.05) is 13.7 Å². The first kappa shape index (κ1) is 18.2. The summed E-state index contributed by atoms with van der Waals surface area (Å²) in [6, 6.07) is 3.58. The summed E-state index contributed by atoms with van der Waals surface area (Å²) in [6.45, 7) is 6.12. The first-order valence-electron chi connectivity index (χ1n) is 8.15. The van der Waals surface area contributed by atoms with E-state index in [1.54, 1.807) is 6.07 Å². The van der Waals surface area contributed by atoms with Crippen molar-refractivity contribution >= 4 is 10.0 Å². The van der Waals surface area contributed by atoms with Gasteiger partial charge >= 0.3 is 0 Å². The third-order valence-electron chi connectivity index (χ3n) is 5.03. The third-order valence-corrected chi connectivity index (χ3v) is 6.59. The second kappa shape index (κ2) is 6.79. The maximum absolute atomic E-state index is 13.0. The Hall–Kier alpha value is -1.11. The molecule has 0 bridgehead atoms.